The predicted octanol–water partition coefficient (Wildman–Crippen LogP) is 3.11. The number of nitrogens with one attached hydrogen (secondary N) is 1. The van der Waals surface area contributed by atoms with Crippen LogP contribution in [0.1, 0.15) is 11.1 Å². The van der Waals surface area contributed by atoms with E-state index in [9.17, 15) is 0 Å². The van der Waals surface area contributed by atoms with Gasteiger partial charge in [0.05, 0.1) is 0 Å². The molecule has 18 heavy (non-hydrogen) atoms. The molecule has 0 atom stereocenters. The highest BCUT2D eigenvalue weighted by Crippen LogP contribution is 2.20. The van der Waals surface area contributed by atoms with Gasteiger partial charge in [-0.15, -0.1) is 0 Å². The highest BCUT2D eigenvalue weighted by molar-refractivity contribution is 7.08. The molecule has 0 bridgehead atoms. The standard InChI is InChI=1S/C12H12ClN3OS/c13-11-5-8(12(14)16-17)1-2-9(11)6-15-10-3-4-18-7-10/h1-5,7,15,17H,6H2,(H2,14,16). The highest BCUT2D eigenvalue weighted by atomic mass is 35.5. The monoisotopic (exact) mass is 281 g/mol. The number of hydrogen-bond donors (Lipinski definition) is 3. The third-order valence-corrected chi connectivity index (χ3v) is 3.50. The zero-order valence-electron chi connectivity index (χ0n) is 9.43. The van der Waals surface area contributed by atoms with Crippen molar-refractivity contribution < 1.29 is 5.21 Å². The molecular weight excluding hydrogens is 270 g/mol. The first kappa shape index (κ1) is 12.7. The van der Waals surface area contributed by atoms with Crippen molar-refractivity contribution in [2.75, 3.05) is 5.32 Å². The number of nitrogens with two attached hydrogens (primary N) is 1. The SMILES string of the molecule is N/C(=N/O)c1ccc(CNc2ccsc2)c(Cl)c1. The molecule has 1 aromatic carbocycles. The van der Waals surface area contributed by atoms with Crippen molar-refractivity contribution in [2.24, 2.45) is 10.9 Å². The summed E-state index contributed by atoms with van der Waals surface area (Å²) in [5.74, 6) is 0.0502. The molecule has 2 rings (SSSR count). The van der Waals surface area contributed by atoms with Gasteiger partial charge in [0.25, 0.3) is 0 Å². The van der Waals surface area contributed by atoms with Crippen LogP contribution in [-0.2, 0) is 6.54 Å². The number of oxime groups is 1. The zero-order chi connectivity index (χ0) is 13.0. The summed E-state index contributed by atoms with van der Waals surface area (Å²) in [6, 6.07) is 7.31. The van der Waals surface area contributed by atoms with Gasteiger partial charge in [-0.1, -0.05) is 28.9 Å². The Balaban J connectivity index is 2.10. The van der Waals surface area contributed by atoms with Gasteiger partial charge in [-0.2, -0.15) is 11.3 Å². The number of rotatable bonds is 4. The maximum absolute atomic E-state index is 8.59. The third-order valence-electron chi connectivity index (χ3n) is 2.46. The van der Waals surface area contributed by atoms with Crippen molar-refractivity contribution >= 4 is 34.5 Å². The minimum atomic E-state index is 0.0502. The van der Waals surface area contributed by atoms with Crippen LogP contribution in [-0.4, -0.2) is 11.0 Å². The Kier molecular flexibility index (Phi) is 4.07. The van der Waals surface area contributed by atoms with Crippen LogP contribution in [0.25, 0.3) is 0 Å². The minimum Gasteiger partial charge on any atom is -0.409 e. The highest BCUT2D eigenvalue weighted by Gasteiger charge is 2.05. The molecule has 4 N–H and O–H groups in total. The quantitative estimate of drug-likeness (QED) is 0.349. The molecule has 0 saturated heterocycles. The average molecular weight is 282 g/mol. The predicted molar refractivity (Wildman–Crippen MR) is 75.6 cm³/mol. The van der Waals surface area contributed by atoms with E-state index in [4.69, 9.17) is 22.5 Å². The number of benzene rings is 1. The molecule has 1 heterocycles. The van der Waals surface area contributed by atoms with Gasteiger partial charge in [0.1, 0.15) is 0 Å². The number of nitrogens with zero attached hydrogens (tertiary/aromatic N) is 1. The largest absolute Gasteiger partial charge is 0.409 e. The Morgan fingerprint density at radius 1 is 1.44 bits per heavy atom. The summed E-state index contributed by atoms with van der Waals surface area (Å²) >= 11 is 7.77. The van der Waals surface area contributed by atoms with Crippen molar-refractivity contribution in [3.05, 3.63) is 51.2 Å². The van der Waals surface area contributed by atoms with E-state index in [1.54, 1.807) is 23.5 Å². The first-order valence-corrected chi connectivity index (χ1v) is 6.55. The number of anilines is 1. The molecule has 0 unspecified atom stereocenters. The summed E-state index contributed by atoms with van der Waals surface area (Å²) < 4.78 is 0. The van der Waals surface area contributed by atoms with E-state index in [0.717, 1.165) is 11.3 Å². The number of amidine groups is 1. The summed E-state index contributed by atoms with van der Waals surface area (Å²) in [5, 5.41) is 19.4. The van der Waals surface area contributed by atoms with Crippen molar-refractivity contribution in [1.82, 2.24) is 0 Å². The van der Waals surface area contributed by atoms with Crippen LogP contribution < -0.4 is 11.1 Å². The van der Waals surface area contributed by atoms with E-state index in [1.165, 1.54) is 0 Å². The maximum Gasteiger partial charge on any atom is 0.170 e. The lowest BCUT2D eigenvalue weighted by atomic mass is 10.1. The number of halogens is 1. The summed E-state index contributed by atoms with van der Waals surface area (Å²) in [4.78, 5) is 0. The molecule has 2 aromatic rings. The molecule has 0 radical (unpaired) electrons. The Morgan fingerprint density at radius 3 is 2.89 bits per heavy atom. The van der Waals surface area contributed by atoms with Gasteiger partial charge < -0.3 is 16.3 Å². The van der Waals surface area contributed by atoms with Crippen LogP contribution in [0.5, 0.6) is 0 Å². The van der Waals surface area contributed by atoms with Gasteiger partial charge >= 0.3 is 0 Å². The van der Waals surface area contributed by atoms with Gasteiger partial charge in [0, 0.05) is 28.2 Å². The van der Waals surface area contributed by atoms with E-state index < -0.39 is 0 Å². The molecule has 0 aliphatic rings. The Bertz CT molecular complexity index is 554. The number of hydrogen-bond acceptors (Lipinski definition) is 4. The van der Waals surface area contributed by atoms with Gasteiger partial charge in [-0.3, -0.25) is 0 Å². The summed E-state index contributed by atoms with van der Waals surface area (Å²) in [6.45, 7) is 0.631. The Morgan fingerprint density at radius 2 is 2.28 bits per heavy atom. The first-order valence-electron chi connectivity index (χ1n) is 5.23. The minimum absolute atomic E-state index is 0.0502. The molecule has 6 heteroatoms. The summed E-state index contributed by atoms with van der Waals surface area (Å²) in [5.41, 5.74) is 8.11. The van der Waals surface area contributed by atoms with Gasteiger partial charge in [0.2, 0.25) is 0 Å². The lowest BCUT2D eigenvalue weighted by molar-refractivity contribution is 0.318. The van der Waals surface area contributed by atoms with Crippen LogP contribution in [0.3, 0.4) is 0 Å². The fourth-order valence-corrected chi connectivity index (χ4v) is 2.33. The molecular formula is C12H12ClN3OS. The fourth-order valence-electron chi connectivity index (χ4n) is 1.47. The van der Waals surface area contributed by atoms with Gasteiger partial charge in [-0.05, 0) is 23.1 Å². The number of thiophene rings is 1. The molecule has 0 aliphatic carbocycles. The van der Waals surface area contributed by atoms with Crippen LogP contribution in [0.4, 0.5) is 5.69 Å². The van der Waals surface area contributed by atoms with E-state index in [1.807, 2.05) is 22.9 Å². The van der Waals surface area contributed by atoms with E-state index in [0.29, 0.717) is 17.1 Å². The van der Waals surface area contributed by atoms with Crippen LogP contribution in [0.2, 0.25) is 5.02 Å². The lowest BCUT2D eigenvalue weighted by Crippen LogP contribution is -2.13. The van der Waals surface area contributed by atoms with E-state index >= 15 is 0 Å². The topological polar surface area (TPSA) is 70.6 Å². The summed E-state index contributed by atoms with van der Waals surface area (Å²) in [6.07, 6.45) is 0. The van der Waals surface area contributed by atoms with Crippen molar-refractivity contribution in [1.29, 1.82) is 0 Å². The maximum atomic E-state index is 8.59. The van der Waals surface area contributed by atoms with Gasteiger partial charge in [0.15, 0.2) is 5.84 Å². The molecule has 4 nitrogen and oxygen atoms in total. The van der Waals surface area contributed by atoms with Crippen molar-refractivity contribution in [2.45, 2.75) is 6.54 Å². The second kappa shape index (κ2) is 5.75. The summed E-state index contributed by atoms with van der Waals surface area (Å²) in [7, 11) is 0. The van der Waals surface area contributed by atoms with Crippen LogP contribution in [0.15, 0.2) is 40.2 Å². The lowest BCUT2D eigenvalue weighted by Gasteiger charge is -2.08. The first-order chi connectivity index (χ1) is 8.70. The van der Waals surface area contributed by atoms with Crippen LogP contribution >= 0.6 is 22.9 Å². The van der Waals surface area contributed by atoms with Crippen molar-refractivity contribution in [3.8, 4) is 0 Å². The second-order valence-electron chi connectivity index (χ2n) is 3.66. The Hall–Kier alpha value is -1.72. The fraction of sp³-hybridized carbons (Fsp3) is 0.0833. The van der Waals surface area contributed by atoms with Crippen molar-refractivity contribution in [3.63, 3.8) is 0 Å². The smallest absolute Gasteiger partial charge is 0.170 e. The molecule has 0 aliphatic heterocycles. The van der Waals surface area contributed by atoms with Crippen LogP contribution in [0, 0.1) is 0 Å². The second-order valence-corrected chi connectivity index (χ2v) is 4.84. The Labute approximate surface area is 114 Å². The molecule has 94 valence electrons. The zero-order valence-corrected chi connectivity index (χ0v) is 11.0. The van der Waals surface area contributed by atoms with Gasteiger partial charge in [-0.25, -0.2) is 0 Å². The molecule has 0 fully saturated rings. The third kappa shape index (κ3) is 2.94. The average Bonchev–Trinajstić information content (AvgIpc) is 2.89. The molecule has 1 aromatic heterocycles. The van der Waals surface area contributed by atoms with E-state index in [-0.39, 0.29) is 5.84 Å². The normalized spacial score (nSPS) is 11.5. The molecule has 0 amide bonds. The molecule has 0 saturated carbocycles. The van der Waals surface area contributed by atoms with E-state index in [2.05, 4.69) is 10.5 Å². The molecule has 0 spiro atoms.